The molecule has 1 unspecified atom stereocenters. The molecule has 0 aromatic heterocycles. The zero-order valence-corrected chi connectivity index (χ0v) is 11.6. The minimum atomic E-state index is 0.0651. The molecular formula is C15H21NO3. The monoisotopic (exact) mass is 263 g/mol. The first-order valence-electron chi connectivity index (χ1n) is 6.81. The lowest BCUT2D eigenvalue weighted by Crippen LogP contribution is -2.38. The summed E-state index contributed by atoms with van der Waals surface area (Å²) in [7, 11) is 1.59. The third kappa shape index (κ3) is 3.19. The Labute approximate surface area is 114 Å². The van der Waals surface area contributed by atoms with E-state index in [4.69, 9.17) is 9.47 Å². The number of methoxy groups -OCH3 is 1. The van der Waals surface area contributed by atoms with Gasteiger partial charge in [-0.3, -0.25) is 4.79 Å². The minimum Gasteiger partial charge on any atom is -0.493 e. The normalized spacial score (nSPS) is 18.4. The summed E-state index contributed by atoms with van der Waals surface area (Å²) in [5.41, 5.74) is 0. The van der Waals surface area contributed by atoms with Crippen LogP contribution in [0.2, 0.25) is 0 Å². The van der Waals surface area contributed by atoms with E-state index in [1.807, 2.05) is 29.2 Å². The summed E-state index contributed by atoms with van der Waals surface area (Å²) in [5, 5.41) is 0. The van der Waals surface area contributed by atoms with Crippen LogP contribution in [0.3, 0.4) is 0 Å². The van der Waals surface area contributed by atoms with Gasteiger partial charge in [0.25, 0.3) is 5.91 Å². The predicted octanol–water partition coefficient (Wildman–Crippen LogP) is 2.48. The zero-order valence-electron chi connectivity index (χ0n) is 11.6. The number of likely N-dealkylation sites (tertiary alicyclic amines) is 1. The third-order valence-corrected chi connectivity index (χ3v) is 3.59. The van der Waals surface area contributed by atoms with Crippen LogP contribution >= 0.6 is 0 Å². The Balaban J connectivity index is 1.93. The number of rotatable bonds is 5. The number of hydrogen-bond acceptors (Lipinski definition) is 3. The second-order valence-corrected chi connectivity index (χ2v) is 4.73. The van der Waals surface area contributed by atoms with Crippen molar-refractivity contribution in [1.82, 2.24) is 4.90 Å². The largest absolute Gasteiger partial charge is 0.493 e. The lowest BCUT2D eigenvalue weighted by molar-refractivity contribution is -0.134. The molecule has 19 heavy (non-hydrogen) atoms. The van der Waals surface area contributed by atoms with E-state index in [0.29, 0.717) is 17.5 Å². The van der Waals surface area contributed by atoms with Crippen molar-refractivity contribution in [2.24, 2.45) is 0 Å². The van der Waals surface area contributed by atoms with Gasteiger partial charge in [0, 0.05) is 12.6 Å². The predicted molar refractivity (Wildman–Crippen MR) is 73.5 cm³/mol. The van der Waals surface area contributed by atoms with E-state index in [-0.39, 0.29) is 12.5 Å². The van der Waals surface area contributed by atoms with Crippen LogP contribution in [0, 0.1) is 0 Å². The second kappa shape index (κ2) is 6.45. The van der Waals surface area contributed by atoms with Crippen LogP contribution in [-0.2, 0) is 4.79 Å². The molecule has 1 saturated heterocycles. The number of amides is 1. The Morgan fingerprint density at radius 2 is 2.11 bits per heavy atom. The summed E-state index contributed by atoms with van der Waals surface area (Å²) >= 11 is 0. The molecule has 0 spiro atoms. The lowest BCUT2D eigenvalue weighted by Gasteiger charge is -2.23. The summed E-state index contributed by atoms with van der Waals surface area (Å²) in [5.74, 6) is 1.34. The number of para-hydroxylation sites is 2. The molecule has 1 atom stereocenters. The topological polar surface area (TPSA) is 38.8 Å². The maximum Gasteiger partial charge on any atom is 0.260 e. The van der Waals surface area contributed by atoms with Crippen molar-refractivity contribution in [2.45, 2.75) is 32.2 Å². The highest BCUT2D eigenvalue weighted by Crippen LogP contribution is 2.26. The van der Waals surface area contributed by atoms with Gasteiger partial charge in [0.2, 0.25) is 0 Å². The number of ether oxygens (including phenoxy) is 2. The maximum absolute atomic E-state index is 12.1. The summed E-state index contributed by atoms with van der Waals surface area (Å²) in [4.78, 5) is 14.1. The lowest BCUT2D eigenvalue weighted by atomic mass is 10.2. The minimum absolute atomic E-state index is 0.0651. The SMILES string of the molecule is CCC1CCCN1C(=O)COc1ccccc1OC. The van der Waals surface area contributed by atoms with E-state index in [2.05, 4.69) is 6.92 Å². The molecule has 0 aliphatic carbocycles. The van der Waals surface area contributed by atoms with E-state index in [1.165, 1.54) is 0 Å². The quantitative estimate of drug-likeness (QED) is 0.819. The van der Waals surface area contributed by atoms with Crippen molar-refractivity contribution in [1.29, 1.82) is 0 Å². The number of nitrogens with zero attached hydrogens (tertiary/aromatic N) is 1. The smallest absolute Gasteiger partial charge is 0.260 e. The molecule has 1 heterocycles. The van der Waals surface area contributed by atoms with Gasteiger partial charge in [0.1, 0.15) is 0 Å². The first-order valence-corrected chi connectivity index (χ1v) is 6.81. The first-order chi connectivity index (χ1) is 9.26. The van der Waals surface area contributed by atoms with E-state index in [0.717, 1.165) is 25.8 Å². The average molecular weight is 263 g/mol. The second-order valence-electron chi connectivity index (χ2n) is 4.73. The van der Waals surface area contributed by atoms with Crippen molar-refractivity contribution in [2.75, 3.05) is 20.3 Å². The molecule has 1 aromatic rings. The molecule has 0 radical (unpaired) electrons. The highest BCUT2D eigenvalue weighted by atomic mass is 16.5. The molecule has 1 aromatic carbocycles. The Bertz CT molecular complexity index is 433. The summed E-state index contributed by atoms with van der Waals surface area (Å²) in [6, 6.07) is 7.76. The Hall–Kier alpha value is -1.71. The third-order valence-electron chi connectivity index (χ3n) is 3.59. The van der Waals surface area contributed by atoms with E-state index in [1.54, 1.807) is 7.11 Å². The molecule has 104 valence electrons. The highest BCUT2D eigenvalue weighted by Gasteiger charge is 2.27. The van der Waals surface area contributed by atoms with Gasteiger partial charge in [0.15, 0.2) is 18.1 Å². The van der Waals surface area contributed by atoms with Crippen molar-refractivity contribution in [3.8, 4) is 11.5 Å². The molecule has 1 aliphatic rings. The van der Waals surface area contributed by atoms with Crippen molar-refractivity contribution >= 4 is 5.91 Å². The van der Waals surface area contributed by atoms with E-state index in [9.17, 15) is 4.79 Å². The van der Waals surface area contributed by atoms with Crippen LogP contribution < -0.4 is 9.47 Å². The van der Waals surface area contributed by atoms with Crippen molar-refractivity contribution in [3.63, 3.8) is 0 Å². The van der Waals surface area contributed by atoms with Gasteiger partial charge in [0.05, 0.1) is 7.11 Å². The summed E-state index contributed by atoms with van der Waals surface area (Å²) in [6.07, 6.45) is 3.22. The van der Waals surface area contributed by atoms with Gasteiger partial charge >= 0.3 is 0 Å². The zero-order chi connectivity index (χ0) is 13.7. The standard InChI is InChI=1S/C15H21NO3/c1-3-12-7-6-10-16(12)15(17)11-19-14-9-5-4-8-13(14)18-2/h4-5,8-9,12H,3,6-7,10-11H2,1-2H3. The van der Waals surface area contributed by atoms with Gasteiger partial charge in [-0.05, 0) is 31.4 Å². The van der Waals surface area contributed by atoms with Crippen molar-refractivity contribution < 1.29 is 14.3 Å². The number of hydrogen-bond donors (Lipinski definition) is 0. The molecule has 4 heteroatoms. The molecule has 1 fully saturated rings. The van der Waals surface area contributed by atoms with Crippen LogP contribution in [-0.4, -0.2) is 37.1 Å². The molecule has 0 saturated carbocycles. The summed E-state index contributed by atoms with van der Waals surface area (Å²) < 4.78 is 10.8. The van der Waals surface area contributed by atoms with E-state index >= 15 is 0 Å². The van der Waals surface area contributed by atoms with Gasteiger partial charge < -0.3 is 14.4 Å². The molecular weight excluding hydrogens is 242 g/mol. The molecule has 4 nitrogen and oxygen atoms in total. The van der Waals surface area contributed by atoms with Crippen LogP contribution in [0.15, 0.2) is 24.3 Å². The van der Waals surface area contributed by atoms with Crippen LogP contribution in [0.5, 0.6) is 11.5 Å². The fourth-order valence-corrected chi connectivity index (χ4v) is 2.55. The molecule has 1 aliphatic heterocycles. The van der Waals surface area contributed by atoms with Gasteiger partial charge in [-0.1, -0.05) is 19.1 Å². The van der Waals surface area contributed by atoms with E-state index < -0.39 is 0 Å². The molecule has 0 N–H and O–H groups in total. The number of carbonyl (C=O) groups excluding carboxylic acids is 1. The van der Waals surface area contributed by atoms with Gasteiger partial charge in [-0.15, -0.1) is 0 Å². The first kappa shape index (κ1) is 13.7. The van der Waals surface area contributed by atoms with Crippen molar-refractivity contribution in [3.05, 3.63) is 24.3 Å². The molecule has 2 rings (SSSR count). The highest BCUT2D eigenvalue weighted by molar-refractivity contribution is 5.78. The summed E-state index contributed by atoms with van der Waals surface area (Å²) in [6.45, 7) is 3.06. The number of carbonyl (C=O) groups is 1. The molecule has 1 amide bonds. The Morgan fingerprint density at radius 1 is 1.37 bits per heavy atom. The van der Waals surface area contributed by atoms with Crippen LogP contribution in [0.25, 0.3) is 0 Å². The van der Waals surface area contributed by atoms with Crippen LogP contribution in [0.4, 0.5) is 0 Å². The fraction of sp³-hybridized carbons (Fsp3) is 0.533. The average Bonchev–Trinajstić information content (AvgIpc) is 2.93. The number of benzene rings is 1. The van der Waals surface area contributed by atoms with Gasteiger partial charge in [-0.25, -0.2) is 0 Å². The molecule has 0 bridgehead atoms. The Kier molecular flexibility index (Phi) is 4.66. The van der Waals surface area contributed by atoms with Gasteiger partial charge in [-0.2, -0.15) is 0 Å². The Morgan fingerprint density at radius 3 is 2.79 bits per heavy atom. The maximum atomic E-state index is 12.1. The van der Waals surface area contributed by atoms with Crippen LogP contribution in [0.1, 0.15) is 26.2 Å². The fourth-order valence-electron chi connectivity index (χ4n) is 2.55.